The summed E-state index contributed by atoms with van der Waals surface area (Å²) in [7, 11) is 1.80. The number of aryl methyl sites for hydroxylation is 2. The number of rotatable bonds is 4. The molecule has 1 atom stereocenters. The van der Waals surface area contributed by atoms with Crippen molar-refractivity contribution in [1.82, 2.24) is 24.6 Å². The lowest BCUT2D eigenvalue weighted by atomic mass is 10.1. The Morgan fingerprint density at radius 1 is 1.28 bits per heavy atom. The highest BCUT2D eigenvalue weighted by molar-refractivity contribution is 5.95. The molecule has 0 radical (unpaired) electrons. The number of hydrogen-bond donors (Lipinski definition) is 1. The average Bonchev–Trinajstić information content (AvgIpc) is 3.07. The van der Waals surface area contributed by atoms with Gasteiger partial charge in [0.15, 0.2) is 0 Å². The summed E-state index contributed by atoms with van der Waals surface area (Å²) >= 11 is 0. The van der Waals surface area contributed by atoms with E-state index in [0.717, 1.165) is 6.20 Å². The van der Waals surface area contributed by atoms with Crippen LogP contribution in [0.15, 0.2) is 42.7 Å². The highest BCUT2D eigenvalue weighted by Gasteiger charge is 2.28. The Hall–Kier alpha value is -3.33. The van der Waals surface area contributed by atoms with Crippen LogP contribution in [0.25, 0.3) is 0 Å². The van der Waals surface area contributed by atoms with E-state index in [0.29, 0.717) is 48.3 Å². The van der Waals surface area contributed by atoms with Crippen molar-refractivity contribution in [3.05, 3.63) is 65.5 Å². The fourth-order valence-corrected chi connectivity index (χ4v) is 3.27. The van der Waals surface area contributed by atoms with E-state index in [2.05, 4.69) is 20.4 Å². The standard InChI is InChI=1S/C20H21FN6O2/c1-13-15(11-26(2)25-13)20(28)27-8-9-29-17(12-27)16-4-3-5-19(23-16)24-18-7-6-14(21)10-22-18/h3-7,10-11,17H,8-9,12H2,1-2H3,(H,22,23,24)/t17-/m1/s1. The highest BCUT2D eigenvalue weighted by atomic mass is 19.1. The van der Waals surface area contributed by atoms with Crippen molar-refractivity contribution in [2.24, 2.45) is 7.05 Å². The van der Waals surface area contributed by atoms with Crippen LogP contribution in [0.2, 0.25) is 0 Å². The Labute approximate surface area is 167 Å². The lowest BCUT2D eigenvalue weighted by molar-refractivity contribution is -0.0246. The molecule has 1 aliphatic heterocycles. The summed E-state index contributed by atoms with van der Waals surface area (Å²) in [5.41, 5.74) is 2.01. The first-order chi connectivity index (χ1) is 14.0. The van der Waals surface area contributed by atoms with Crippen LogP contribution in [0.3, 0.4) is 0 Å². The normalized spacial score (nSPS) is 16.7. The first-order valence-corrected chi connectivity index (χ1v) is 9.26. The smallest absolute Gasteiger partial charge is 0.257 e. The number of aromatic nitrogens is 4. The summed E-state index contributed by atoms with van der Waals surface area (Å²) in [5, 5.41) is 7.29. The van der Waals surface area contributed by atoms with Gasteiger partial charge in [0.2, 0.25) is 0 Å². The molecule has 1 aliphatic rings. The fraction of sp³-hybridized carbons (Fsp3) is 0.300. The van der Waals surface area contributed by atoms with E-state index in [9.17, 15) is 9.18 Å². The van der Waals surface area contributed by atoms with Crippen LogP contribution in [-0.2, 0) is 11.8 Å². The van der Waals surface area contributed by atoms with Gasteiger partial charge in [-0.2, -0.15) is 5.10 Å². The fourth-order valence-electron chi connectivity index (χ4n) is 3.27. The van der Waals surface area contributed by atoms with Crippen LogP contribution in [0.4, 0.5) is 16.0 Å². The molecule has 4 heterocycles. The molecule has 0 aliphatic carbocycles. The number of nitrogens with one attached hydrogen (secondary N) is 1. The zero-order chi connectivity index (χ0) is 20.4. The van der Waals surface area contributed by atoms with Gasteiger partial charge in [-0.05, 0) is 31.2 Å². The van der Waals surface area contributed by atoms with Crippen molar-refractivity contribution in [2.75, 3.05) is 25.0 Å². The number of hydrogen-bond acceptors (Lipinski definition) is 6. The molecule has 9 heteroatoms. The summed E-state index contributed by atoms with van der Waals surface area (Å²) < 4.78 is 20.5. The van der Waals surface area contributed by atoms with Crippen LogP contribution in [0.1, 0.15) is 27.8 Å². The molecule has 1 amide bonds. The minimum Gasteiger partial charge on any atom is -0.368 e. The number of morpholine rings is 1. The molecule has 0 bridgehead atoms. The van der Waals surface area contributed by atoms with Crippen molar-refractivity contribution in [1.29, 1.82) is 0 Å². The maximum Gasteiger partial charge on any atom is 0.257 e. The van der Waals surface area contributed by atoms with E-state index in [1.807, 2.05) is 19.1 Å². The Morgan fingerprint density at radius 2 is 2.14 bits per heavy atom. The lowest BCUT2D eigenvalue weighted by Crippen LogP contribution is -2.42. The van der Waals surface area contributed by atoms with Crippen LogP contribution in [0, 0.1) is 12.7 Å². The lowest BCUT2D eigenvalue weighted by Gasteiger charge is -2.32. The second kappa shape index (κ2) is 7.96. The van der Waals surface area contributed by atoms with Crippen molar-refractivity contribution < 1.29 is 13.9 Å². The predicted molar refractivity (Wildman–Crippen MR) is 104 cm³/mol. The summed E-state index contributed by atoms with van der Waals surface area (Å²) in [6, 6.07) is 8.37. The molecule has 4 rings (SSSR count). The van der Waals surface area contributed by atoms with Crippen LogP contribution in [-0.4, -0.2) is 50.3 Å². The van der Waals surface area contributed by atoms with Crippen LogP contribution < -0.4 is 5.32 Å². The molecule has 0 unspecified atom stereocenters. The SMILES string of the molecule is Cc1nn(C)cc1C(=O)N1CCO[C@@H](c2cccc(Nc3ccc(F)cn3)n2)C1. The van der Waals surface area contributed by atoms with E-state index in [4.69, 9.17) is 4.74 Å². The van der Waals surface area contributed by atoms with Gasteiger partial charge < -0.3 is 15.0 Å². The minimum absolute atomic E-state index is 0.0614. The number of nitrogens with zero attached hydrogens (tertiary/aromatic N) is 5. The van der Waals surface area contributed by atoms with Gasteiger partial charge in [0, 0.05) is 19.8 Å². The monoisotopic (exact) mass is 396 g/mol. The third-order valence-electron chi connectivity index (χ3n) is 4.68. The first-order valence-electron chi connectivity index (χ1n) is 9.26. The van der Waals surface area contributed by atoms with Crippen LogP contribution >= 0.6 is 0 Å². The number of amides is 1. The molecule has 150 valence electrons. The quantitative estimate of drug-likeness (QED) is 0.730. The molecular weight excluding hydrogens is 375 g/mol. The summed E-state index contributed by atoms with van der Waals surface area (Å²) in [6.07, 6.45) is 2.54. The molecular formula is C20H21FN6O2. The van der Waals surface area contributed by atoms with Gasteiger partial charge in [0.1, 0.15) is 23.6 Å². The maximum absolute atomic E-state index is 13.0. The second-order valence-electron chi connectivity index (χ2n) is 6.85. The molecule has 0 aromatic carbocycles. The Morgan fingerprint density at radius 3 is 2.86 bits per heavy atom. The van der Waals surface area contributed by atoms with Crippen molar-refractivity contribution in [3.8, 4) is 0 Å². The molecule has 0 saturated carbocycles. The van der Waals surface area contributed by atoms with Crippen molar-refractivity contribution in [2.45, 2.75) is 13.0 Å². The molecule has 1 fully saturated rings. The van der Waals surface area contributed by atoms with Crippen LogP contribution in [0.5, 0.6) is 0 Å². The van der Waals surface area contributed by atoms with Crippen molar-refractivity contribution >= 4 is 17.5 Å². The summed E-state index contributed by atoms with van der Waals surface area (Å²) in [5.74, 6) is 0.594. The van der Waals surface area contributed by atoms with Gasteiger partial charge in [0.05, 0.1) is 36.3 Å². The zero-order valence-electron chi connectivity index (χ0n) is 16.2. The number of carbonyl (C=O) groups is 1. The maximum atomic E-state index is 13.0. The van der Waals surface area contributed by atoms with Gasteiger partial charge >= 0.3 is 0 Å². The minimum atomic E-state index is -0.401. The molecule has 3 aromatic rings. The number of carbonyl (C=O) groups excluding carboxylic acids is 1. The highest BCUT2D eigenvalue weighted by Crippen LogP contribution is 2.24. The zero-order valence-corrected chi connectivity index (χ0v) is 16.2. The number of ether oxygens (including phenoxy) is 1. The molecule has 29 heavy (non-hydrogen) atoms. The van der Waals surface area contributed by atoms with E-state index in [1.54, 1.807) is 28.9 Å². The average molecular weight is 396 g/mol. The van der Waals surface area contributed by atoms with Crippen molar-refractivity contribution in [3.63, 3.8) is 0 Å². The van der Waals surface area contributed by atoms with Gasteiger partial charge in [-0.15, -0.1) is 0 Å². The molecule has 8 nitrogen and oxygen atoms in total. The molecule has 0 spiro atoms. The van der Waals surface area contributed by atoms with E-state index < -0.39 is 5.82 Å². The number of anilines is 2. The Kier molecular flexibility index (Phi) is 5.22. The largest absolute Gasteiger partial charge is 0.368 e. The topological polar surface area (TPSA) is 85.2 Å². The van der Waals surface area contributed by atoms with E-state index in [1.165, 1.54) is 12.1 Å². The van der Waals surface area contributed by atoms with E-state index >= 15 is 0 Å². The number of pyridine rings is 2. The van der Waals surface area contributed by atoms with Gasteiger partial charge in [-0.25, -0.2) is 14.4 Å². The van der Waals surface area contributed by atoms with Gasteiger partial charge in [0.25, 0.3) is 5.91 Å². The molecule has 1 saturated heterocycles. The Balaban J connectivity index is 1.49. The third-order valence-corrected chi connectivity index (χ3v) is 4.68. The summed E-state index contributed by atoms with van der Waals surface area (Å²) in [6.45, 7) is 3.17. The number of halogens is 1. The molecule has 1 N–H and O–H groups in total. The van der Waals surface area contributed by atoms with E-state index in [-0.39, 0.29) is 12.0 Å². The van der Waals surface area contributed by atoms with Gasteiger partial charge in [-0.1, -0.05) is 6.07 Å². The predicted octanol–water partition coefficient (Wildman–Crippen LogP) is 2.61. The second-order valence-corrected chi connectivity index (χ2v) is 6.85. The molecule has 3 aromatic heterocycles. The summed E-state index contributed by atoms with van der Waals surface area (Å²) in [4.78, 5) is 23.2. The first kappa shape index (κ1) is 19.0. The third kappa shape index (κ3) is 4.24. The van der Waals surface area contributed by atoms with Gasteiger partial charge in [-0.3, -0.25) is 9.48 Å². The Bertz CT molecular complexity index is 1020.